The Kier molecular flexibility index (Phi) is 7.69. The first-order chi connectivity index (χ1) is 9.53. The van der Waals surface area contributed by atoms with Gasteiger partial charge in [-0.1, -0.05) is 6.92 Å². The van der Waals surface area contributed by atoms with Crippen LogP contribution in [0.5, 0.6) is 0 Å². The van der Waals surface area contributed by atoms with E-state index in [0.29, 0.717) is 30.8 Å². The molecule has 6 nitrogen and oxygen atoms in total. The highest BCUT2D eigenvalue weighted by Crippen LogP contribution is 2.19. The third kappa shape index (κ3) is 5.24. The van der Waals surface area contributed by atoms with Crippen molar-refractivity contribution in [2.45, 2.75) is 43.9 Å². The van der Waals surface area contributed by atoms with Gasteiger partial charge in [0.1, 0.15) is 0 Å². The monoisotopic (exact) mass is 430 g/mol. The molecule has 0 bridgehead atoms. The summed E-state index contributed by atoms with van der Waals surface area (Å²) in [5, 5.41) is 2.67. The molecule has 8 heteroatoms. The van der Waals surface area contributed by atoms with Gasteiger partial charge in [0.2, 0.25) is 0 Å². The molecular formula is C13H27IN4O2S. The molecule has 0 aromatic heterocycles. The number of guanidine groups is 1. The van der Waals surface area contributed by atoms with Crippen LogP contribution in [0.1, 0.15) is 32.6 Å². The highest BCUT2D eigenvalue weighted by atomic mass is 127. The average molecular weight is 430 g/mol. The molecule has 0 spiro atoms. The summed E-state index contributed by atoms with van der Waals surface area (Å²) in [6, 6.07) is 0.482. The van der Waals surface area contributed by atoms with Crippen molar-refractivity contribution >= 4 is 39.8 Å². The van der Waals surface area contributed by atoms with E-state index >= 15 is 0 Å². The van der Waals surface area contributed by atoms with E-state index in [4.69, 9.17) is 5.73 Å². The highest BCUT2D eigenvalue weighted by Gasteiger charge is 2.31. The maximum atomic E-state index is 11.7. The molecule has 2 rings (SSSR count). The summed E-state index contributed by atoms with van der Waals surface area (Å²) in [7, 11) is -2.91. The molecule has 124 valence electrons. The molecule has 3 N–H and O–H groups in total. The summed E-state index contributed by atoms with van der Waals surface area (Å²) < 4.78 is 23.4. The van der Waals surface area contributed by atoms with E-state index in [1.165, 1.54) is 12.8 Å². The van der Waals surface area contributed by atoms with Gasteiger partial charge in [0.25, 0.3) is 0 Å². The van der Waals surface area contributed by atoms with Crippen LogP contribution < -0.4 is 11.1 Å². The number of nitrogens with one attached hydrogen (secondary N) is 1. The second-order valence-corrected chi connectivity index (χ2v) is 8.06. The number of sulfone groups is 1. The second kappa shape index (κ2) is 8.52. The van der Waals surface area contributed by atoms with Crippen LogP contribution in [0.4, 0.5) is 0 Å². The van der Waals surface area contributed by atoms with E-state index in [0.717, 1.165) is 25.9 Å². The van der Waals surface area contributed by atoms with Crippen LogP contribution >= 0.6 is 24.0 Å². The van der Waals surface area contributed by atoms with Crippen LogP contribution in [0.3, 0.4) is 0 Å². The van der Waals surface area contributed by atoms with Gasteiger partial charge in [0, 0.05) is 12.6 Å². The van der Waals surface area contributed by atoms with Crippen molar-refractivity contribution in [1.29, 1.82) is 0 Å². The normalized spacial score (nSPS) is 29.3. The van der Waals surface area contributed by atoms with Crippen molar-refractivity contribution in [3.63, 3.8) is 0 Å². The van der Waals surface area contributed by atoms with Gasteiger partial charge >= 0.3 is 0 Å². The fraction of sp³-hybridized carbons (Fsp3) is 0.923. The zero-order chi connectivity index (χ0) is 14.6. The summed E-state index contributed by atoms with van der Waals surface area (Å²) in [4.78, 5) is 6.77. The smallest absolute Gasteiger partial charge is 0.188 e. The van der Waals surface area contributed by atoms with Crippen LogP contribution in [-0.2, 0) is 9.84 Å². The lowest BCUT2D eigenvalue weighted by Gasteiger charge is -2.21. The van der Waals surface area contributed by atoms with Crippen molar-refractivity contribution in [2.24, 2.45) is 10.7 Å². The summed E-state index contributed by atoms with van der Waals surface area (Å²) in [5.41, 5.74) is 5.83. The Labute approximate surface area is 144 Å². The molecule has 0 aliphatic carbocycles. The van der Waals surface area contributed by atoms with E-state index in [-0.39, 0.29) is 29.2 Å². The highest BCUT2D eigenvalue weighted by molar-refractivity contribution is 14.0. The van der Waals surface area contributed by atoms with Crippen LogP contribution in [0, 0.1) is 0 Å². The molecule has 0 saturated carbocycles. The molecule has 2 fully saturated rings. The molecule has 0 radical (unpaired) electrons. The van der Waals surface area contributed by atoms with Crippen LogP contribution in [0.25, 0.3) is 0 Å². The number of nitrogens with two attached hydrogens (primary N) is 1. The predicted molar refractivity (Wildman–Crippen MR) is 97.0 cm³/mol. The van der Waals surface area contributed by atoms with Gasteiger partial charge in [0.15, 0.2) is 15.8 Å². The molecule has 0 aromatic rings. The summed E-state index contributed by atoms with van der Waals surface area (Å²) in [6.07, 6.45) is 3.89. The van der Waals surface area contributed by atoms with Gasteiger partial charge in [-0.3, -0.25) is 9.89 Å². The Hall–Kier alpha value is -0.0900. The second-order valence-electron chi connectivity index (χ2n) is 5.66. The molecule has 2 saturated heterocycles. The molecule has 0 amide bonds. The zero-order valence-corrected chi connectivity index (χ0v) is 15.8. The molecule has 2 aliphatic rings. The first-order valence-electron chi connectivity index (χ1n) is 7.52. The molecular weight excluding hydrogens is 403 g/mol. The maximum absolute atomic E-state index is 11.7. The first kappa shape index (κ1) is 19.0. The Morgan fingerprint density at radius 2 is 2.14 bits per heavy atom. The van der Waals surface area contributed by atoms with E-state index < -0.39 is 9.84 Å². The van der Waals surface area contributed by atoms with Crippen LogP contribution in [-0.4, -0.2) is 62.5 Å². The van der Waals surface area contributed by atoms with Gasteiger partial charge in [0.05, 0.1) is 17.5 Å². The van der Waals surface area contributed by atoms with Gasteiger partial charge < -0.3 is 11.1 Å². The molecule has 2 aliphatic heterocycles. The molecule has 2 heterocycles. The van der Waals surface area contributed by atoms with Crippen molar-refractivity contribution in [3.8, 4) is 0 Å². The number of hydrogen-bond donors (Lipinski definition) is 2. The molecule has 2 atom stereocenters. The third-order valence-corrected chi connectivity index (χ3v) is 6.63. The van der Waals surface area contributed by atoms with E-state index in [1.54, 1.807) is 0 Å². The Bertz CT molecular complexity index is 455. The molecule has 0 aromatic carbocycles. The summed E-state index contributed by atoms with van der Waals surface area (Å²) >= 11 is 0. The Balaban J connectivity index is 0.00000220. The van der Waals surface area contributed by atoms with Gasteiger partial charge in [-0.05, 0) is 38.8 Å². The fourth-order valence-electron chi connectivity index (χ4n) is 3.08. The number of likely N-dealkylation sites (N-methyl/N-ethyl adjacent to an activating group) is 1. The predicted octanol–water partition coefficient (Wildman–Crippen LogP) is 0.570. The number of likely N-dealkylation sites (tertiary alicyclic amines) is 1. The quantitative estimate of drug-likeness (QED) is 0.378. The Morgan fingerprint density at radius 1 is 1.38 bits per heavy atom. The van der Waals surface area contributed by atoms with E-state index in [2.05, 4.69) is 22.1 Å². The van der Waals surface area contributed by atoms with Crippen molar-refractivity contribution in [1.82, 2.24) is 10.2 Å². The minimum Gasteiger partial charge on any atom is -0.370 e. The lowest BCUT2D eigenvalue weighted by atomic mass is 10.2. The lowest BCUT2D eigenvalue weighted by Crippen LogP contribution is -2.40. The zero-order valence-electron chi connectivity index (χ0n) is 12.6. The average Bonchev–Trinajstić information content (AvgIpc) is 2.99. The molecule has 21 heavy (non-hydrogen) atoms. The van der Waals surface area contributed by atoms with Crippen molar-refractivity contribution < 1.29 is 8.42 Å². The largest absolute Gasteiger partial charge is 0.370 e. The van der Waals surface area contributed by atoms with E-state index in [1.807, 2.05) is 0 Å². The SMILES string of the molecule is CCN1CCCC1CN=C(N)NCC1CCCS1(=O)=O.I. The van der Waals surface area contributed by atoms with Crippen LogP contribution in [0.2, 0.25) is 0 Å². The molecule has 2 unspecified atom stereocenters. The van der Waals surface area contributed by atoms with Gasteiger partial charge in [-0.15, -0.1) is 24.0 Å². The number of hydrogen-bond acceptors (Lipinski definition) is 4. The number of rotatable bonds is 5. The standard InChI is InChI=1S/C13H26N4O2S.HI/c1-2-17-7-3-5-11(17)9-15-13(14)16-10-12-6-4-8-20(12,18)19;/h11-12H,2-10H2,1H3,(H3,14,15,16);1H. The van der Waals surface area contributed by atoms with Gasteiger partial charge in [-0.25, -0.2) is 8.42 Å². The third-order valence-electron chi connectivity index (χ3n) is 4.35. The maximum Gasteiger partial charge on any atom is 0.188 e. The number of aliphatic imine (C=N–C) groups is 1. The fourth-order valence-corrected chi connectivity index (χ4v) is 4.85. The van der Waals surface area contributed by atoms with Gasteiger partial charge in [-0.2, -0.15) is 0 Å². The van der Waals surface area contributed by atoms with E-state index in [9.17, 15) is 8.42 Å². The Morgan fingerprint density at radius 3 is 2.76 bits per heavy atom. The summed E-state index contributed by atoms with van der Waals surface area (Å²) in [5.74, 6) is 0.680. The number of nitrogens with zero attached hydrogens (tertiary/aromatic N) is 2. The van der Waals surface area contributed by atoms with Crippen LogP contribution in [0.15, 0.2) is 4.99 Å². The minimum atomic E-state index is -2.91. The first-order valence-corrected chi connectivity index (χ1v) is 9.24. The van der Waals surface area contributed by atoms with Crippen molar-refractivity contribution in [3.05, 3.63) is 0 Å². The van der Waals surface area contributed by atoms with Crippen molar-refractivity contribution in [2.75, 3.05) is 31.9 Å². The summed E-state index contributed by atoms with van der Waals surface area (Å²) in [6.45, 7) is 5.44. The topological polar surface area (TPSA) is 87.8 Å². The minimum absolute atomic E-state index is 0. The lowest BCUT2D eigenvalue weighted by molar-refractivity contribution is 0.273. The number of halogens is 1.